The third-order valence-electron chi connectivity index (χ3n) is 4.77. The Hall–Kier alpha value is -1.57. The van der Waals surface area contributed by atoms with E-state index in [1.807, 2.05) is 11.8 Å². The number of thioether (sulfide) groups is 1. The van der Waals surface area contributed by atoms with Gasteiger partial charge < -0.3 is 34.0 Å². The van der Waals surface area contributed by atoms with Crippen molar-refractivity contribution in [2.24, 2.45) is 0 Å². The first-order valence-electron chi connectivity index (χ1n) is 9.01. The zero-order valence-electron chi connectivity index (χ0n) is 15.5. The summed E-state index contributed by atoms with van der Waals surface area (Å²) in [4.78, 5) is 3.65. The highest BCUT2D eigenvalue weighted by Gasteiger charge is 2.25. The first kappa shape index (κ1) is 20.2. The molecule has 0 unspecified atom stereocenters. The summed E-state index contributed by atoms with van der Waals surface area (Å²) < 4.78 is 2.21. The molecule has 0 atom stereocenters. The van der Waals surface area contributed by atoms with Crippen molar-refractivity contribution < 1.29 is 33.7 Å². The van der Waals surface area contributed by atoms with E-state index in [9.17, 15) is 5.11 Å². The third kappa shape index (κ3) is 3.86. The lowest BCUT2D eigenvalue weighted by Gasteiger charge is -2.17. The van der Waals surface area contributed by atoms with Crippen molar-refractivity contribution in [2.45, 2.75) is 25.3 Å². The summed E-state index contributed by atoms with van der Waals surface area (Å²) in [7, 11) is 0. The van der Waals surface area contributed by atoms with Gasteiger partial charge in [-0.2, -0.15) is 4.57 Å². The molecule has 3 aromatic rings. The number of halogens is 1. The Morgan fingerprint density at radius 2 is 1.93 bits per heavy atom. The van der Waals surface area contributed by atoms with Crippen LogP contribution in [-0.4, -0.2) is 18.3 Å². The number of aliphatic hydroxyl groups is 1. The van der Waals surface area contributed by atoms with Crippen molar-refractivity contribution in [3.05, 3.63) is 70.9 Å². The van der Waals surface area contributed by atoms with Crippen LogP contribution < -0.4 is 33.4 Å². The molecule has 3 nitrogen and oxygen atoms in total. The second-order valence-electron chi connectivity index (χ2n) is 6.49. The molecule has 1 aliphatic rings. The Morgan fingerprint density at radius 1 is 1.11 bits per heavy atom. The summed E-state index contributed by atoms with van der Waals surface area (Å²) in [5.41, 5.74) is 4.79. The number of rotatable bonds is 4. The average molecular weight is 490 g/mol. The number of para-hydroxylation sites is 1. The van der Waals surface area contributed by atoms with Gasteiger partial charge in [0.05, 0.1) is 10.7 Å². The van der Waals surface area contributed by atoms with E-state index in [0.29, 0.717) is 6.54 Å². The lowest BCUT2D eigenvalue weighted by molar-refractivity contribution is -0.674. The molecule has 0 spiro atoms. The number of aliphatic hydroxyl groups excluding tert-OH is 1. The first-order chi connectivity index (χ1) is 12.7. The number of fused-ring (bicyclic) bond motifs is 2. The van der Waals surface area contributed by atoms with Gasteiger partial charge in [0.2, 0.25) is 11.2 Å². The number of anilines is 1. The summed E-state index contributed by atoms with van der Waals surface area (Å²) in [6, 6.07) is 19.3. The second kappa shape index (κ2) is 8.63. The molecule has 0 saturated carbocycles. The van der Waals surface area contributed by atoms with E-state index in [1.54, 1.807) is 0 Å². The normalized spacial score (nSPS) is 14.5. The number of aromatic nitrogens is 1. The maximum atomic E-state index is 9.60. The minimum Gasteiger partial charge on any atom is -1.00 e. The Labute approximate surface area is 181 Å². The zero-order chi connectivity index (χ0) is 18.1. The highest BCUT2D eigenvalue weighted by molar-refractivity contribution is 8.03. The lowest BCUT2D eigenvalue weighted by atomic mass is 10.1. The van der Waals surface area contributed by atoms with Gasteiger partial charge in [-0.1, -0.05) is 35.5 Å². The number of nitrogens with zero attached hydrogens (tertiary/aromatic N) is 2. The predicted octanol–water partition coefficient (Wildman–Crippen LogP) is 1.36. The van der Waals surface area contributed by atoms with Gasteiger partial charge in [0, 0.05) is 35.0 Å². The summed E-state index contributed by atoms with van der Waals surface area (Å²) in [6.07, 6.45) is 2.24. The van der Waals surface area contributed by atoms with Gasteiger partial charge in [0.15, 0.2) is 6.54 Å². The summed E-state index contributed by atoms with van der Waals surface area (Å²) >= 11 is 1.81. The van der Waals surface area contributed by atoms with Crippen LogP contribution in [0.5, 0.6) is 0 Å². The summed E-state index contributed by atoms with van der Waals surface area (Å²) in [5, 5.41) is 12.0. The van der Waals surface area contributed by atoms with Crippen molar-refractivity contribution >= 4 is 34.4 Å². The Bertz CT molecular complexity index is 1000. The Morgan fingerprint density at radius 3 is 2.70 bits per heavy atom. The minimum absolute atomic E-state index is 0. The topological polar surface area (TPSA) is 27.4 Å². The maximum absolute atomic E-state index is 9.60. The van der Waals surface area contributed by atoms with E-state index >= 15 is 0 Å². The summed E-state index contributed by atoms with van der Waals surface area (Å²) in [6.45, 7) is 5.93. The van der Waals surface area contributed by atoms with Crippen LogP contribution in [0, 0.1) is 6.92 Å². The molecule has 1 N–H and O–H groups in total. The molecule has 0 bridgehead atoms. The van der Waals surface area contributed by atoms with Crippen molar-refractivity contribution in [3.63, 3.8) is 0 Å². The zero-order valence-corrected chi connectivity index (χ0v) is 18.5. The molecular weight excluding hydrogens is 467 g/mol. The molecular formula is C22H23IN2OS. The number of pyridine rings is 1. The number of hydrogen-bond acceptors (Lipinski definition) is 3. The molecule has 0 saturated heterocycles. The van der Waals surface area contributed by atoms with Gasteiger partial charge in [-0.15, -0.1) is 0 Å². The molecule has 1 aliphatic heterocycles. The fraction of sp³-hybridized carbons (Fsp3) is 0.227. The molecule has 0 amide bonds. The molecule has 1 aromatic heterocycles. The molecule has 2 aromatic carbocycles. The molecule has 0 aliphatic carbocycles. The Kier molecular flexibility index (Phi) is 6.44. The van der Waals surface area contributed by atoms with Crippen LogP contribution >= 0.6 is 11.8 Å². The maximum Gasteiger partial charge on any atom is 0.213 e. The first-order valence-corrected chi connectivity index (χ1v) is 9.83. The van der Waals surface area contributed by atoms with Gasteiger partial charge in [0.1, 0.15) is 6.61 Å². The molecule has 0 fully saturated rings. The average Bonchev–Trinajstić information content (AvgIpc) is 3.00. The highest BCUT2D eigenvalue weighted by Crippen LogP contribution is 2.46. The van der Waals surface area contributed by atoms with Crippen LogP contribution in [0.25, 0.3) is 17.0 Å². The monoisotopic (exact) mass is 490 g/mol. The lowest BCUT2D eigenvalue weighted by Crippen LogP contribution is -3.00. The van der Waals surface area contributed by atoms with Crippen LogP contribution in [-0.2, 0) is 6.54 Å². The second-order valence-corrected chi connectivity index (χ2v) is 7.55. The van der Waals surface area contributed by atoms with Crippen molar-refractivity contribution in [1.82, 2.24) is 0 Å². The minimum atomic E-state index is 0. The van der Waals surface area contributed by atoms with Gasteiger partial charge >= 0.3 is 0 Å². The van der Waals surface area contributed by atoms with Crippen molar-refractivity contribution in [2.75, 3.05) is 18.1 Å². The fourth-order valence-electron chi connectivity index (χ4n) is 3.55. The quantitative estimate of drug-likeness (QED) is 0.443. The van der Waals surface area contributed by atoms with E-state index in [-0.39, 0.29) is 30.6 Å². The molecule has 5 heteroatoms. The van der Waals surface area contributed by atoms with Crippen LogP contribution in [0.1, 0.15) is 18.2 Å². The van der Waals surface area contributed by atoms with E-state index < -0.39 is 0 Å². The van der Waals surface area contributed by atoms with Gasteiger partial charge in [-0.05, 0) is 38.1 Å². The van der Waals surface area contributed by atoms with Crippen LogP contribution in [0.2, 0.25) is 0 Å². The van der Waals surface area contributed by atoms with Crippen LogP contribution in [0.4, 0.5) is 5.69 Å². The third-order valence-corrected chi connectivity index (χ3v) is 5.88. The number of benzene rings is 2. The van der Waals surface area contributed by atoms with E-state index in [4.69, 9.17) is 0 Å². The highest BCUT2D eigenvalue weighted by atomic mass is 127. The van der Waals surface area contributed by atoms with Gasteiger partial charge in [-0.3, -0.25) is 0 Å². The molecule has 4 rings (SSSR count). The van der Waals surface area contributed by atoms with Crippen LogP contribution in [0.3, 0.4) is 0 Å². The van der Waals surface area contributed by atoms with Crippen LogP contribution in [0.15, 0.2) is 64.5 Å². The van der Waals surface area contributed by atoms with E-state index in [0.717, 1.165) is 17.8 Å². The SMILES string of the molecule is CCN1/C(=C/c2ccc3cc(C)ccc3[n+]2CCO)Sc2ccccc21.[I-]. The molecule has 140 valence electrons. The van der Waals surface area contributed by atoms with E-state index in [2.05, 4.69) is 84.0 Å². The molecule has 27 heavy (non-hydrogen) atoms. The molecule has 0 radical (unpaired) electrons. The van der Waals surface area contributed by atoms with Gasteiger partial charge in [0.25, 0.3) is 0 Å². The number of hydrogen-bond donors (Lipinski definition) is 1. The standard InChI is InChI=1S/C22H23N2OS.HI/c1-3-23-20-6-4-5-7-21(20)26-22(23)15-18-10-9-17-14-16(2)8-11-19(17)24(18)12-13-25;/h4-11,14-15,25H,3,12-13H2,1-2H3;1H/q+1;/p-1. The fourth-order valence-corrected chi connectivity index (χ4v) is 4.72. The molecule has 2 heterocycles. The Balaban J connectivity index is 0.00000210. The predicted molar refractivity (Wildman–Crippen MR) is 109 cm³/mol. The smallest absolute Gasteiger partial charge is 0.213 e. The summed E-state index contributed by atoms with van der Waals surface area (Å²) in [5.74, 6) is 0. The van der Waals surface area contributed by atoms with Crippen molar-refractivity contribution in [1.29, 1.82) is 0 Å². The number of aryl methyl sites for hydroxylation is 1. The van der Waals surface area contributed by atoms with E-state index in [1.165, 1.54) is 26.6 Å². The van der Waals surface area contributed by atoms with Crippen molar-refractivity contribution in [3.8, 4) is 0 Å². The largest absolute Gasteiger partial charge is 1.00 e. The van der Waals surface area contributed by atoms with Gasteiger partial charge in [-0.25, -0.2) is 0 Å².